The highest BCUT2D eigenvalue weighted by molar-refractivity contribution is 5.78. The van der Waals surface area contributed by atoms with Crippen molar-refractivity contribution in [2.24, 2.45) is 11.8 Å². The topological polar surface area (TPSA) is 41.1 Å². The van der Waals surface area contributed by atoms with Crippen molar-refractivity contribution in [3.8, 4) is 0 Å². The second kappa shape index (κ2) is 7.12. The standard InChI is InChI=1S/C13H23F3N2O/c1-9(2)7-18-12(19)8-17-11-6-4-3-5-10(11)13(14,15)16/h9-11,17H,3-8H2,1-2H3,(H,18,19). The Hall–Kier alpha value is -0.780. The fraction of sp³-hybridized carbons (Fsp3) is 0.923. The molecule has 0 aliphatic heterocycles. The Balaban J connectivity index is 2.39. The second-order valence-corrected chi connectivity index (χ2v) is 5.62. The summed E-state index contributed by atoms with van der Waals surface area (Å²) in [7, 11) is 0. The van der Waals surface area contributed by atoms with Crippen molar-refractivity contribution in [3.63, 3.8) is 0 Å². The maximum absolute atomic E-state index is 12.8. The number of carbonyl (C=O) groups excluding carboxylic acids is 1. The first-order valence-electron chi connectivity index (χ1n) is 6.87. The van der Waals surface area contributed by atoms with Crippen LogP contribution in [-0.4, -0.2) is 31.2 Å². The summed E-state index contributed by atoms with van der Waals surface area (Å²) in [5.41, 5.74) is 0. The molecule has 1 aliphatic carbocycles. The summed E-state index contributed by atoms with van der Waals surface area (Å²) < 4.78 is 38.5. The second-order valence-electron chi connectivity index (χ2n) is 5.62. The number of rotatable bonds is 5. The molecule has 1 saturated carbocycles. The third kappa shape index (κ3) is 5.80. The molecule has 0 bridgehead atoms. The van der Waals surface area contributed by atoms with Gasteiger partial charge in [-0.25, -0.2) is 0 Å². The third-order valence-electron chi connectivity index (χ3n) is 3.42. The summed E-state index contributed by atoms with van der Waals surface area (Å²) in [5.74, 6) is -1.22. The van der Waals surface area contributed by atoms with Gasteiger partial charge in [0.2, 0.25) is 5.91 Å². The summed E-state index contributed by atoms with van der Waals surface area (Å²) in [6, 6.07) is -0.626. The van der Waals surface area contributed by atoms with Gasteiger partial charge in [-0.3, -0.25) is 4.79 Å². The molecule has 112 valence electrons. The van der Waals surface area contributed by atoms with Crippen LogP contribution in [0.25, 0.3) is 0 Å². The molecule has 1 aliphatic rings. The normalized spacial score (nSPS) is 24.5. The summed E-state index contributed by atoms with van der Waals surface area (Å²) in [6.07, 6.45) is -2.12. The fourth-order valence-corrected chi connectivity index (χ4v) is 2.37. The van der Waals surface area contributed by atoms with Crippen LogP contribution >= 0.6 is 0 Å². The highest BCUT2D eigenvalue weighted by Gasteiger charge is 2.45. The monoisotopic (exact) mass is 280 g/mol. The molecule has 0 aromatic carbocycles. The minimum atomic E-state index is -4.17. The van der Waals surface area contributed by atoms with Gasteiger partial charge in [-0.15, -0.1) is 0 Å². The predicted octanol–water partition coefficient (Wildman–Crippen LogP) is 2.47. The van der Waals surface area contributed by atoms with Gasteiger partial charge >= 0.3 is 6.18 Å². The van der Waals surface area contributed by atoms with Crippen LogP contribution in [0.15, 0.2) is 0 Å². The van der Waals surface area contributed by atoms with Crippen molar-refractivity contribution in [2.75, 3.05) is 13.1 Å². The van der Waals surface area contributed by atoms with E-state index in [9.17, 15) is 18.0 Å². The van der Waals surface area contributed by atoms with Gasteiger partial charge in [-0.2, -0.15) is 13.2 Å². The minimum Gasteiger partial charge on any atom is -0.355 e. The molecule has 1 amide bonds. The minimum absolute atomic E-state index is 0.0377. The van der Waals surface area contributed by atoms with Crippen LogP contribution in [-0.2, 0) is 4.79 Å². The number of hydrogen-bond donors (Lipinski definition) is 2. The van der Waals surface area contributed by atoms with Crippen LogP contribution in [0.1, 0.15) is 39.5 Å². The predicted molar refractivity (Wildman–Crippen MR) is 67.7 cm³/mol. The van der Waals surface area contributed by atoms with E-state index in [4.69, 9.17) is 0 Å². The van der Waals surface area contributed by atoms with Crippen molar-refractivity contribution in [1.82, 2.24) is 10.6 Å². The summed E-state index contributed by atoms with van der Waals surface area (Å²) in [6.45, 7) is 4.45. The smallest absolute Gasteiger partial charge is 0.355 e. The zero-order valence-electron chi connectivity index (χ0n) is 11.5. The Bertz CT molecular complexity index is 292. The molecule has 0 aromatic heterocycles. The van der Waals surface area contributed by atoms with E-state index in [0.717, 1.165) is 6.42 Å². The number of hydrogen-bond acceptors (Lipinski definition) is 2. The van der Waals surface area contributed by atoms with E-state index < -0.39 is 18.1 Å². The zero-order valence-corrected chi connectivity index (χ0v) is 11.5. The quantitative estimate of drug-likeness (QED) is 0.812. The van der Waals surface area contributed by atoms with Gasteiger partial charge < -0.3 is 10.6 Å². The average Bonchev–Trinajstić information content (AvgIpc) is 2.33. The molecule has 1 fully saturated rings. The molecule has 0 heterocycles. The summed E-state index contributed by atoms with van der Waals surface area (Å²) in [5, 5.41) is 5.46. The van der Waals surface area contributed by atoms with E-state index in [1.807, 2.05) is 13.8 Å². The number of halogens is 3. The van der Waals surface area contributed by atoms with E-state index >= 15 is 0 Å². The van der Waals surface area contributed by atoms with Crippen LogP contribution < -0.4 is 10.6 Å². The Morgan fingerprint density at radius 3 is 2.47 bits per heavy atom. The van der Waals surface area contributed by atoms with Gasteiger partial charge in [-0.05, 0) is 18.8 Å². The van der Waals surface area contributed by atoms with E-state index in [0.29, 0.717) is 25.3 Å². The van der Waals surface area contributed by atoms with E-state index in [2.05, 4.69) is 10.6 Å². The molecule has 2 atom stereocenters. The van der Waals surface area contributed by atoms with Crippen molar-refractivity contribution in [1.29, 1.82) is 0 Å². The maximum Gasteiger partial charge on any atom is 0.393 e. The summed E-state index contributed by atoms with van der Waals surface area (Å²) >= 11 is 0. The molecular weight excluding hydrogens is 257 g/mol. The van der Waals surface area contributed by atoms with Gasteiger partial charge in [0.05, 0.1) is 12.5 Å². The SMILES string of the molecule is CC(C)CNC(=O)CNC1CCCCC1C(F)(F)F. The van der Waals surface area contributed by atoms with Crippen LogP contribution in [0.2, 0.25) is 0 Å². The van der Waals surface area contributed by atoms with Crippen LogP contribution in [0, 0.1) is 11.8 Å². The van der Waals surface area contributed by atoms with Crippen molar-refractivity contribution < 1.29 is 18.0 Å². The fourth-order valence-electron chi connectivity index (χ4n) is 2.37. The van der Waals surface area contributed by atoms with Crippen LogP contribution in [0.3, 0.4) is 0 Å². The molecule has 0 radical (unpaired) electrons. The van der Waals surface area contributed by atoms with Gasteiger partial charge in [0.15, 0.2) is 0 Å². The van der Waals surface area contributed by atoms with E-state index in [1.54, 1.807) is 0 Å². The molecule has 6 heteroatoms. The molecule has 1 rings (SSSR count). The number of carbonyl (C=O) groups is 1. The lowest BCUT2D eigenvalue weighted by Gasteiger charge is -2.33. The lowest BCUT2D eigenvalue weighted by Crippen LogP contribution is -2.48. The van der Waals surface area contributed by atoms with E-state index in [1.165, 1.54) is 0 Å². The van der Waals surface area contributed by atoms with Gasteiger partial charge in [-0.1, -0.05) is 26.7 Å². The molecule has 0 saturated heterocycles. The first-order chi connectivity index (χ1) is 8.80. The van der Waals surface area contributed by atoms with Gasteiger partial charge in [0.25, 0.3) is 0 Å². The van der Waals surface area contributed by atoms with E-state index in [-0.39, 0.29) is 18.9 Å². The van der Waals surface area contributed by atoms with Crippen LogP contribution in [0.5, 0.6) is 0 Å². The molecule has 3 nitrogen and oxygen atoms in total. The molecule has 2 N–H and O–H groups in total. The maximum atomic E-state index is 12.8. The van der Waals surface area contributed by atoms with Gasteiger partial charge in [0, 0.05) is 12.6 Å². The Morgan fingerprint density at radius 2 is 1.89 bits per heavy atom. The molecule has 2 unspecified atom stereocenters. The first-order valence-corrected chi connectivity index (χ1v) is 6.87. The molecule has 0 aromatic rings. The lowest BCUT2D eigenvalue weighted by molar-refractivity contribution is -0.189. The highest BCUT2D eigenvalue weighted by atomic mass is 19.4. The van der Waals surface area contributed by atoms with Crippen molar-refractivity contribution >= 4 is 5.91 Å². The molecular formula is C13H23F3N2O. The van der Waals surface area contributed by atoms with Crippen molar-refractivity contribution in [3.05, 3.63) is 0 Å². The zero-order chi connectivity index (χ0) is 14.5. The molecule has 0 spiro atoms. The highest BCUT2D eigenvalue weighted by Crippen LogP contribution is 2.37. The van der Waals surface area contributed by atoms with Gasteiger partial charge in [0.1, 0.15) is 0 Å². The Labute approximate surface area is 112 Å². The average molecular weight is 280 g/mol. The Morgan fingerprint density at radius 1 is 1.26 bits per heavy atom. The number of amides is 1. The lowest BCUT2D eigenvalue weighted by atomic mass is 9.84. The number of nitrogens with one attached hydrogen (secondary N) is 2. The van der Waals surface area contributed by atoms with Crippen LogP contribution in [0.4, 0.5) is 13.2 Å². The Kier molecular flexibility index (Phi) is 6.10. The third-order valence-corrected chi connectivity index (χ3v) is 3.42. The number of alkyl halides is 3. The first kappa shape index (κ1) is 16.3. The van der Waals surface area contributed by atoms with Crippen molar-refractivity contribution in [2.45, 2.75) is 51.7 Å². The summed E-state index contributed by atoms with van der Waals surface area (Å²) in [4.78, 5) is 11.5. The molecule has 19 heavy (non-hydrogen) atoms. The largest absolute Gasteiger partial charge is 0.393 e.